The fourth-order valence-corrected chi connectivity index (χ4v) is 3.73. The number of hydrogen-bond acceptors (Lipinski definition) is 3. The van der Waals surface area contributed by atoms with Gasteiger partial charge in [-0.05, 0) is 64.4 Å². The van der Waals surface area contributed by atoms with Gasteiger partial charge >= 0.3 is 0 Å². The zero-order chi connectivity index (χ0) is 17.6. The van der Waals surface area contributed by atoms with E-state index in [1.165, 1.54) is 43.6 Å². The van der Waals surface area contributed by atoms with E-state index in [4.69, 9.17) is 4.98 Å². The van der Waals surface area contributed by atoms with Crippen molar-refractivity contribution < 1.29 is 0 Å². The van der Waals surface area contributed by atoms with Crippen molar-refractivity contribution in [3.8, 4) is 0 Å². The van der Waals surface area contributed by atoms with Gasteiger partial charge in [0.2, 0.25) is 0 Å². The van der Waals surface area contributed by atoms with Gasteiger partial charge in [0.25, 0.3) is 0 Å². The van der Waals surface area contributed by atoms with Crippen LogP contribution in [0.4, 0.5) is 0 Å². The Labute approximate surface area is 152 Å². The number of likely N-dealkylation sites (tertiary alicyclic amines) is 1. The molecule has 0 bridgehead atoms. The normalized spacial score (nSPS) is 19.3. The molecule has 1 N–H and O–H groups in total. The maximum atomic E-state index is 4.99. The van der Waals surface area contributed by atoms with Crippen LogP contribution in [-0.2, 0) is 0 Å². The zero-order valence-electron chi connectivity index (χ0n) is 15.8. The first kappa shape index (κ1) is 18.1. The van der Waals surface area contributed by atoms with Gasteiger partial charge in [-0.15, -0.1) is 0 Å². The minimum atomic E-state index is 0.226. The lowest BCUT2D eigenvalue weighted by molar-refractivity contribution is 0.171. The standard InChI is InChI=1S/C22H31N3/c1-17(20-11-6-4-7-12-20)23-18(2)21-13-10-14-22(24-21)19(3)25-15-8-5-9-16-25/h4,6-7,10-14,17-19,23H,5,8-9,15-16H2,1-3H3/t17-,18-,19-/m1/s1. The molecule has 0 aliphatic carbocycles. The summed E-state index contributed by atoms with van der Waals surface area (Å²) in [4.78, 5) is 7.56. The fourth-order valence-electron chi connectivity index (χ4n) is 3.73. The van der Waals surface area contributed by atoms with E-state index in [1.54, 1.807) is 0 Å². The molecule has 2 aromatic rings. The number of hydrogen-bond donors (Lipinski definition) is 1. The van der Waals surface area contributed by atoms with Crippen LogP contribution in [0.3, 0.4) is 0 Å². The van der Waals surface area contributed by atoms with Gasteiger partial charge in [0, 0.05) is 18.1 Å². The molecule has 0 spiro atoms. The molecule has 0 unspecified atom stereocenters. The van der Waals surface area contributed by atoms with Gasteiger partial charge in [0.15, 0.2) is 0 Å². The smallest absolute Gasteiger partial charge is 0.0576 e. The molecule has 1 aliphatic heterocycles. The van der Waals surface area contributed by atoms with Gasteiger partial charge in [-0.25, -0.2) is 0 Å². The molecule has 0 saturated carbocycles. The highest BCUT2D eigenvalue weighted by molar-refractivity contribution is 5.20. The van der Waals surface area contributed by atoms with E-state index in [2.05, 4.69) is 79.5 Å². The van der Waals surface area contributed by atoms with Crippen molar-refractivity contribution in [3.05, 3.63) is 65.5 Å². The highest BCUT2D eigenvalue weighted by Gasteiger charge is 2.20. The Bertz CT molecular complexity index is 649. The van der Waals surface area contributed by atoms with Crippen LogP contribution in [0.25, 0.3) is 0 Å². The number of pyridine rings is 1. The second-order valence-corrected chi connectivity index (χ2v) is 7.28. The summed E-state index contributed by atoms with van der Waals surface area (Å²) in [5, 5.41) is 3.68. The third-order valence-corrected chi connectivity index (χ3v) is 5.40. The molecule has 25 heavy (non-hydrogen) atoms. The lowest BCUT2D eigenvalue weighted by Crippen LogP contribution is -2.33. The van der Waals surface area contributed by atoms with Crippen LogP contribution in [0, 0.1) is 0 Å². The Balaban J connectivity index is 1.67. The van der Waals surface area contributed by atoms with Crippen molar-refractivity contribution in [3.63, 3.8) is 0 Å². The summed E-state index contributed by atoms with van der Waals surface area (Å²) >= 11 is 0. The van der Waals surface area contributed by atoms with Crippen LogP contribution in [0.2, 0.25) is 0 Å². The molecule has 3 nitrogen and oxygen atoms in total. The lowest BCUT2D eigenvalue weighted by Gasteiger charge is -2.32. The second-order valence-electron chi connectivity index (χ2n) is 7.28. The Morgan fingerprint density at radius 1 is 0.800 bits per heavy atom. The largest absolute Gasteiger partial charge is 0.302 e. The van der Waals surface area contributed by atoms with E-state index in [0.717, 1.165) is 5.69 Å². The number of rotatable bonds is 6. The maximum Gasteiger partial charge on any atom is 0.0576 e. The Morgan fingerprint density at radius 2 is 1.48 bits per heavy atom. The van der Waals surface area contributed by atoms with Crippen molar-refractivity contribution in [2.75, 3.05) is 13.1 Å². The van der Waals surface area contributed by atoms with Crippen molar-refractivity contribution in [1.82, 2.24) is 15.2 Å². The van der Waals surface area contributed by atoms with Gasteiger partial charge in [-0.1, -0.05) is 42.8 Å². The average molecular weight is 338 g/mol. The first-order chi connectivity index (χ1) is 12.1. The molecule has 3 rings (SSSR count). The molecule has 134 valence electrons. The van der Waals surface area contributed by atoms with E-state index in [9.17, 15) is 0 Å². The quantitative estimate of drug-likeness (QED) is 0.800. The summed E-state index contributed by atoms with van der Waals surface area (Å²) in [5.41, 5.74) is 3.64. The first-order valence-electron chi connectivity index (χ1n) is 9.67. The van der Waals surface area contributed by atoms with Crippen LogP contribution in [0.1, 0.15) is 75.1 Å². The molecular formula is C22H31N3. The number of aromatic nitrogens is 1. The summed E-state index contributed by atoms with van der Waals surface area (Å²) in [6.07, 6.45) is 4.00. The molecule has 1 aliphatic rings. The summed E-state index contributed by atoms with van der Waals surface area (Å²) in [6.45, 7) is 9.11. The molecule has 0 radical (unpaired) electrons. The summed E-state index contributed by atoms with van der Waals surface area (Å²) in [6, 6.07) is 18.0. The molecule has 1 saturated heterocycles. The first-order valence-corrected chi connectivity index (χ1v) is 9.67. The van der Waals surface area contributed by atoms with E-state index in [1.807, 2.05) is 0 Å². The van der Waals surface area contributed by atoms with Crippen LogP contribution >= 0.6 is 0 Å². The highest BCUT2D eigenvalue weighted by atomic mass is 15.2. The zero-order valence-corrected chi connectivity index (χ0v) is 15.8. The number of nitrogens with one attached hydrogen (secondary N) is 1. The van der Waals surface area contributed by atoms with E-state index in [-0.39, 0.29) is 6.04 Å². The van der Waals surface area contributed by atoms with E-state index >= 15 is 0 Å². The van der Waals surface area contributed by atoms with Crippen molar-refractivity contribution in [2.24, 2.45) is 0 Å². The number of nitrogens with zero attached hydrogens (tertiary/aromatic N) is 2. The minimum absolute atomic E-state index is 0.226. The predicted octanol–water partition coefficient (Wildman–Crippen LogP) is 5.04. The topological polar surface area (TPSA) is 28.2 Å². The molecule has 1 fully saturated rings. The molecule has 1 aromatic carbocycles. The Kier molecular flexibility index (Phi) is 6.22. The van der Waals surface area contributed by atoms with Gasteiger partial charge in [0.05, 0.1) is 11.4 Å². The molecule has 3 heteroatoms. The van der Waals surface area contributed by atoms with Crippen molar-refractivity contribution >= 4 is 0 Å². The Morgan fingerprint density at radius 3 is 2.20 bits per heavy atom. The average Bonchev–Trinajstić information content (AvgIpc) is 2.68. The third kappa shape index (κ3) is 4.68. The SMILES string of the molecule is C[C@H](c1cccc([C@@H](C)N[C@H](C)c2ccccc2)n1)N1CCCCC1. The van der Waals surface area contributed by atoms with Crippen molar-refractivity contribution in [1.29, 1.82) is 0 Å². The van der Waals surface area contributed by atoms with Crippen LogP contribution in [0.15, 0.2) is 48.5 Å². The summed E-state index contributed by atoms with van der Waals surface area (Å²) in [7, 11) is 0. The van der Waals surface area contributed by atoms with Gasteiger partial charge in [0.1, 0.15) is 0 Å². The molecule has 0 amide bonds. The van der Waals surface area contributed by atoms with Gasteiger partial charge in [-0.2, -0.15) is 0 Å². The monoisotopic (exact) mass is 337 g/mol. The maximum absolute atomic E-state index is 4.99. The minimum Gasteiger partial charge on any atom is -0.302 e. The van der Waals surface area contributed by atoms with Gasteiger partial charge in [-0.3, -0.25) is 9.88 Å². The van der Waals surface area contributed by atoms with Crippen LogP contribution < -0.4 is 5.32 Å². The third-order valence-electron chi connectivity index (χ3n) is 5.40. The van der Waals surface area contributed by atoms with Crippen LogP contribution in [-0.4, -0.2) is 23.0 Å². The Hall–Kier alpha value is -1.71. The summed E-state index contributed by atoms with van der Waals surface area (Å²) in [5.74, 6) is 0. The second kappa shape index (κ2) is 8.59. The van der Waals surface area contributed by atoms with Crippen LogP contribution in [0.5, 0.6) is 0 Å². The van der Waals surface area contributed by atoms with Gasteiger partial charge < -0.3 is 5.32 Å². The highest BCUT2D eigenvalue weighted by Crippen LogP contribution is 2.24. The predicted molar refractivity (Wildman–Crippen MR) is 104 cm³/mol. The molecule has 1 aromatic heterocycles. The van der Waals surface area contributed by atoms with E-state index < -0.39 is 0 Å². The molecule has 2 heterocycles. The van der Waals surface area contributed by atoms with E-state index in [0.29, 0.717) is 12.1 Å². The molecular weight excluding hydrogens is 306 g/mol. The van der Waals surface area contributed by atoms with Crippen molar-refractivity contribution in [2.45, 2.75) is 58.2 Å². The summed E-state index contributed by atoms with van der Waals surface area (Å²) < 4.78 is 0. The number of benzene rings is 1. The fraction of sp³-hybridized carbons (Fsp3) is 0.500. The lowest BCUT2D eigenvalue weighted by atomic mass is 10.0. The molecule has 3 atom stereocenters. The number of piperidine rings is 1.